The van der Waals surface area contributed by atoms with Gasteiger partial charge in [0.2, 0.25) is 0 Å². The Hall–Kier alpha value is -1.48. The van der Waals surface area contributed by atoms with E-state index in [1.54, 1.807) is 20.3 Å². The number of methoxy groups -OCH3 is 2. The second-order valence-corrected chi connectivity index (χ2v) is 3.02. The summed E-state index contributed by atoms with van der Waals surface area (Å²) in [6.45, 7) is 1.85. The molecule has 15 heavy (non-hydrogen) atoms. The fourth-order valence-corrected chi connectivity index (χ4v) is 1.50. The molecule has 1 aromatic carbocycles. The number of allylic oxidation sites excluding steroid dienone is 1. The van der Waals surface area contributed by atoms with Gasteiger partial charge in [0.05, 0.1) is 20.8 Å². The van der Waals surface area contributed by atoms with Crippen LogP contribution < -0.4 is 9.47 Å². The van der Waals surface area contributed by atoms with E-state index in [-0.39, 0.29) is 6.61 Å². The molecule has 0 aliphatic rings. The van der Waals surface area contributed by atoms with E-state index < -0.39 is 0 Å². The Balaban J connectivity index is 3.37. The van der Waals surface area contributed by atoms with Gasteiger partial charge >= 0.3 is 0 Å². The Bertz CT molecular complexity index is 356. The lowest BCUT2D eigenvalue weighted by molar-refractivity contribution is 0.272. The Kier molecular flexibility index (Phi) is 4.18. The molecule has 3 nitrogen and oxygen atoms in total. The average molecular weight is 208 g/mol. The maximum Gasteiger partial charge on any atom is 0.126 e. The Morgan fingerprint density at radius 3 is 2.27 bits per heavy atom. The minimum atomic E-state index is -0.0694. The third-order valence-electron chi connectivity index (χ3n) is 2.21. The summed E-state index contributed by atoms with van der Waals surface area (Å²) < 4.78 is 10.4. The van der Waals surface area contributed by atoms with Crippen molar-refractivity contribution >= 4 is 6.08 Å². The van der Waals surface area contributed by atoms with Crippen molar-refractivity contribution in [2.75, 3.05) is 14.2 Å². The van der Waals surface area contributed by atoms with Crippen molar-refractivity contribution in [3.63, 3.8) is 0 Å². The number of aliphatic hydroxyl groups excluding tert-OH is 1. The van der Waals surface area contributed by atoms with Crippen LogP contribution in [-0.2, 0) is 6.61 Å². The van der Waals surface area contributed by atoms with Crippen molar-refractivity contribution in [1.82, 2.24) is 0 Å². The molecule has 1 N–H and O–H groups in total. The zero-order valence-electron chi connectivity index (χ0n) is 9.28. The summed E-state index contributed by atoms with van der Waals surface area (Å²) in [5, 5.41) is 9.31. The number of ether oxygens (including phenoxy) is 2. The Labute approximate surface area is 90.0 Å². The minimum absolute atomic E-state index is 0.0694. The first kappa shape index (κ1) is 11.6. The molecular weight excluding hydrogens is 192 g/mol. The van der Waals surface area contributed by atoms with Crippen LogP contribution in [-0.4, -0.2) is 19.3 Å². The van der Waals surface area contributed by atoms with Gasteiger partial charge < -0.3 is 14.6 Å². The predicted octanol–water partition coefficient (Wildman–Crippen LogP) is 2.23. The first-order valence-corrected chi connectivity index (χ1v) is 4.75. The quantitative estimate of drug-likeness (QED) is 0.824. The number of aliphatic hydroxyl groups is 1. The predicted molar refractivity (Wildman–Crippen MR) is 60.2 cm³/mol. The second-order valence-electron chi connectivity index (χ2n) is 3.02. The minimum Gasteiger partial charge on any atom is -0.496 e. The van der Waals surface area contributed by atoms with Crippen LogP contribution in [0.2, 0.25) is 0 Å². The third kappa shape index (κ3) is 2.30. The van der Waals surface area contributed by atoms with Crippen LogP contribution in [0, 0.1) is 0 Å². The first-order valence-electron chi connectivity index (χ1n) is 4.75. The van der Waals surface area contributed by atoms with E-state index in [4.69, 9.17) is 9.47 Å². The fraction of sp³-hybridized carbons (Fsp3) is 0.333. The molecule has 0 fully saturated rings. The van der Waals surface area contributed by atoms with Crippen molar-refractivity contribution in [1.29, 1.82) is 0 Å². The van der Waals surface area contributed by atoms with Crippen molar-refractivity contribution < 1.29 is 14.6 Å². The molecule has 0 unspecified atom stereocenters. The largest absolute Gasteiger partial charge is 0.496 e. The molecule has 0 heterocycles. The highest BCUT2D eigenvalue weighted by Crippen LogP contribution is 2.31. The molecule has 0 amide bonds. The van der Waals surface area contributed by atoms with Gasteiger partial charge in [0.25, 0.3) is 0 Å². The van der Waals surface area contributed by atoms with Crippen LogP contribution in [0.4, 0.5) is 0 Å². The lowest BCUT2D eigenvalue weighted by Gasteiger charge is -2.13. The van der Waals surface area contributed by atoms with Gasteiger partial charge in [0.1, 0.15) is 11.5 Å². The molecule has 0 saturated heterocycles. The molecule has 0 bridgehead atoms. The zero-order chi connectivity index (χ0) is 11.3. The van der Waals surface area contributed by atoms with Gasteiger partial charge in [-0.15, -0.1) is 0 Å². The van der Waals surface area contributed by atoms with Crippen molar-refractivity contribution in [2.24, 2.45) is 0 Å². The molecule has 0 spiro atoms. The summed E-state index contributed by atoms with van der Waals surface area (Å²) in [6, 6.07) is 3.62. The van der Waals surface area contributed by atoms with E-state index in [0.29, 0.717) is 5.75 Å². The molecule has 0 saturated carbocycles. The Morgan fingerprint density at radius 1 is 1.20 bits per heavy atom. The molecule has 0 aliphatic carbocycles. The van der Waals surface area contributed by atoms with Gasteiger partial charge in [-0.2, -0.15) is 0 Å². The fourth-order valence-electron chi connectivity index (χ4n) is 1.50. The van der Waals surface area contributed by atoms with Crippen LogP contribution in [0.15, 0.2) is 18.2 Å². The molecule has 0 radical (unpaired) electrons. The lowest BCUT2D eigenvalue weighted by atomic mass is 10.1. The van der Waals surface area contributed by atoms with Gasteiger partial charge in [-0.25, -0.2) is 0 Å². The van der Waals surface area contributed by atoms with Gasteiger partial charge in [-0.05, 0) is 19.1 Å². The molecule has 82 valence electrons. The Morgan fingerprint density at radius 2 is 1.80 bits per heavy atom. The van der Waals surface area contributed by atoms with Crippen LogP contribution in [0.25, 0.3) is 6.08 Å². The first-order chi connectivity index (χ1) is 7.28. The van der Waals surface area contributed by atoms with Gasteiger partial charge in [-0.3, -0.25) is 0 Å². The maximum atomic E-state index is 9.31. The van der Waals surface area contributed by atoms with Gasteiger partial charge in [0.15, 0.2) is 0 Å². The SMILES string of the molecule is C/C=C\c1c(OC)ccc(OC)c1CO. The standard InChI is InChI=1S/C12H16O3/c1-4-5-9-10(8-13)12(15-3)7-6-11(9)14-2/h4-7,13H,8H2,1-3H3/b5-4-. The highest BCUT2D eigenvalue weighted by Gasteiger charge is 2.11. The molecule has 1 aromatic rings. The lowest BCUT2D eigenvalue weighted by Crippen LogP contribution is -1.98. The van der Waals surface area contributed by atoms with Crippen LogP contribution in [0.3, 0.4) is 0 Å². The average Bonchev–Trinajstić information content (AvgIpc) is 2.28. The van der Waals surface area contributed by atoms with E-state index in [9.17, 15) is 5.11 Å². The van der Waals surface area contributed by atoms with E-state index >= 15 is 0 Å². The van der Waals surface area contributed by atoms with Crippen molar-refractivity contribution in [3.05, 3.63) is 29.3 Å². The monoisotopic (exact) mass is 208 g/mol. The van der Waals surface area contributed by atoms with E-state index in [1.807, 2.05) is 25.1 Å². The molecular formula is C12H16O3. The number of hydrogen-bond acceptors (Lipinski definition) is 3. The molecule has 1 rings (SSSR count). The zero-order valence-corrected chi connectivity index (χ0v) is 9.28. The van der Waals surface area contributed by atoms with E-state index in [1.165, 1.54) is 0 Å². The molecule has 3 heteroatoms. The topological polar surface area (TPSA) is 38.7 Å². The normalized spacial score (nSPS) is 10.7. The maximum absolute atomic E-state index is 9.31. The van der Waals surface area contributed by atoms with E-state index in [0.717, 1.165) is 16.9 Å². The highest BCUT2D eigenvalue weighted by molar-refractivity contribution is 5.64. The van der Waals surface area contributed by atoms with Crippen molar-refractivity contribution in [3.8, 4) is 11.5 Å². The highest BCUT2D eigenvalue weighted by atomic mass is 16.5. The third-order valence-corrected chi connectivity index (χ3v) is 2.21. The second kappa shape index (κ2) is 5.41. The van der Waals surface area contributed by atoms with Crippen molar-refractivity contribution in [2.45, 2.75) is 13.5 Å². The summed E-state index contributed by atoms with van der Waals surface area (Å²) in [4.78, 5) is 0. The summed E-state index contributed by atoms with van der Waals surface area (Å²) in [7, 11) is 3.19. The number of rotatable bonds is 4. The summed E-state index contributed by atoms with van der Waals surface area (Å²) in [6.07, 6.45) is 3.80. The summed E-state index contributed by atoms with van der Waals surface area (Å²) in [5.41, 5.74) is 1.61. The summed E-state index contributed by atoms with van der Waals surface area (Å²) in [5.74, 6) is 1.41. The van der Waals surface area contributed by atoms with Crippen LogP contribution in [0.5, 0.6) is 11.5 Å². The van der Waals surface area contributed by atoms with E-state index in [2.05, 4.69) is 0 Å². The summed E-state index contributed by atoms with van der Waals surface area (Å²) >= 11 is 0. The smallest absolute Gasteiger partial charge is 0.126 e. The number of hydrogen-bond donors (Lipinski definition) is 1. The molecule has 0 aliphatic heterocycles. The van der Waals surface area contributed by atoms with Gasteiger partial charge in [0, 0.05) is 11.1 Å². The van der Waals surface area contributed by atoms with Gasteiger partial charge in [-0.1, -0.05) is 12.2 Å². The molecule has 0 atom stereocenters. The van der Waals surface area contributed by atoms with Crippen LogP contribution >= 0.6 is 0 Å². The number of benzene rings is 1. The van der Waals surface area contributed by atoms with Crippen LogP contribution in [0.1, 0.15) is 18.1 Å². The molecule has 0 aromatic heterocycles.